The van der Waals surface area contributed by atoms with E-state index in [2.05, 4.69) is 20.2 Å². The van der Waals surface area contributed by atoms with Crippen LogP contribution in [0.4, 0.5) is 0 Å². The SMILES string of the molecule is O=C(c1ccn[nH]1)N1CCC[C@@H]1c1nc2ccccc2[nH]1. The molecule has 4 rings (SSSR count). The number of para-hydroxylation sites is 2. The summed E-state index contributed by atoms with van der Waals surface area (Å²) in [7, 11) is 0. The molecule has 1 aliphatic rings. The summed E-state index contributed by atoms with van der Waals surface area (Å²) in [5.74, 6) is 0.844. The van der Waals surface area contributed by atoms with Gasteiger partial charge in [0, 0.05) is 12.7 Å². The number of imidazole rings is 1. The van der Waals surface area contributed by atoms with E-state index < -0.39 is 0 Å². The van der Waals surface area contributed by atoms with Crippen LogP contribution in [0.3, 0.4) is 0 Å². The van der Waals surface area contributed by atoms with Crippen LogP contribution in [0.1, 0.15) is 35.2 Å². The molecule has 6 heteroatoms. The average molecular weight is 281 g/mol. The molecule has 0 aliphatic carbocycles. The molecule has 1 saturated heterocycles. The van der Waals surface area contributed by atoms with Gasteiger partial charge < -0.3 is 9.88 Å². The number of benzene rings is 1. The number of H-pyrrole nitrogens is 2. The van der Waals surface area contributed by atoms with Gasteiger partial charge in [0.2, 0.25) is 0 Å². The maximum atomic E-state index is 12.5. The number of likely N-dealkylation sites (tertiary alicyclic amines) is 1. The Morgan fingerprint density at radius 2 is 2.19 bits per heavy atom. The van der Waals surface area contributed by atoms with Crippen LogP contribution in [-0.4, -0.2) is 37.5 Å². The van der Waals surface area contributed by atoms with E-state index in [1.807, 2.05) is 29.2 Å². The molecule has 0 spiro atoms. The van der Waals surface area contributed by atoms with Crippen LogP contribution < -0.4 is 0 Å². The predicted octanol–water partition coefficient (Wildman–Crippen LogP) is 2.26. The molecule has 106 valence electrons. The van der Waals surface area contributed by atoms with Crippen LogP contribution in [0, 0.1) is 0 Å². The van der Waals surface area contributed by atoms with Crippen molar-refractivity contribution in [3.8, 4) is 0 Å². The Kier molecular flexibility index (Phi) is 2.73. The Labute approximate surface area is 121 Å². The molecule has 3 heterocycles. The Bertz CT molecular complexity index is 743. The molecule has 1 fully saturated rings. The van der Waals surface area contributed by atoms with Crippen molar-refractivity contribution in [2.75, 3.05) is 6.54 Å². The summed E-state index contributed by atoms with van der Waals surface area (Å²) < 4.78 is 0. The summed E-state index contributed by atoms with van der Waals surface area (Å²) in [4.78, 5) is 22.4. The monoisotopic (exact) mass is 281 g/mol. The first kappa shape index (κ1) is 12.1. The number of hydrogen-bond acceptors (Lipinski definition) is 3. The molecule has 1 atom stereocenters. The highest BCUT2D eigenvalue weighted by molar-refractivity contribution is 5.92. The van der Waals surface area contributed by atoms with E-state index in [9.17, 15) is 4.79 Å². The summed E-state index contributed by atoms with van der Waals surface area (Å²) >= 11 is 0. The molecular weight excluding hydrogens is 266 g/mol. The zero-order valence-corrected chi connectivity index (χ0v) is 11.4. The lowest BCUT2D eigenvalue weighted by Crippen LogP contribution is -2.31. The number of carbonyl (C=O) groups excluding carboxylic acids is 1. The van der Waals surface area contributed by atoms with Gasteiger partial charge in [0.1, 0.15) is 11.5 Å². The van der Waals surface area contributed by atoms with Crippen LogP contribution in [-0.2, 0) is 0 Å². The van der Waals surface area contributed by atoms with Crippen molar-refractivity contribution in [1.29, 1.82) is 0 Å². The summed E-state index contributed by atoms with van der Waals surface area (Å²) in [6.07, 6.45) is 3.51. The number of aromatic amines is 2. The third kappa shape index (κ3) is 1.99. The van der Waals surface area contributed by atoms with Gasteiger partial charge in [-0.15, -0.1) is 0 Å². The number of aromatic nitrogens is 4. The highest BCUT2D eigenvalue weighted by atomic mass is 16.2. The minimum absolute atomic E-state index is 0.00759. The lowest BCUT2D eigenvalue weighted by atomic mass is 10.2. The highest BCUT2D eigenvalue weighted by Crippen LogP contribution is 2.32. The zero-order chi connectivity index (χ0) is 14.2. The number of rotatable bonds is 2. The molecule has 6 nitrogen and oxygen atoms in total. The van der Waals surface area contributed by atoms with Crippen molar-refractivity contribution in [2.24, 2.45) is 0 Å². The van der Waals surface area contributed by atoms with Gasteiger partial charge in [-0.05, 0) is 31.0 Å². The van der Waals surface area contributed by atoms with E-state index in [0.29, 0.717) is 5.69 Å². The third-order valence-corrected chi connectivity index (χ3v) is 3.97. The molecule has 0 saturated carbocycles. The zero-order valence-electron chi connectivity index (χ0n) is 11.4. The first-order chi connectivity index (χ1) is 10.3. The van der Waals surface area contributed by atoms with Gasteiger partial charge in [-0.25, -0.2) is 4.98 Å². The normalized spacial score (nSPS) is 18.5. The van der Waals surface area contributed by atoms with Crippen LogP contribution in [0.2, 0.25) is 0 Å². The third-order valence-electron chi connectivity index (χ3n) is 3.97. The van der Waals surface area contributed by atoms with Gasteiger partial charge in [0.15, 0.2) is 0 Å². The number of carbonyl (C=O) groups is 1. The van der Waals surface area contributed by atoms with Crippen LogP contribution in [0.15, 0.2) is 36.5 Å². The fourth-order valence-electron chi connectivity index (χ4n) is 2.95. The number of nitrogens with one attached hydrogen (secondary N) is 2. The second kappa shape index (κ2) is 4.73. The average Bonchev–Trinajstić information content (AvgIpc) is 3.24. The number of hydrogen-bond donors (Lipinski definition) is 2. The van der Waals surface area contributed by atoms with E-state index in [1.165, 1.54) is 0 Å². The van der Waals surface area contributed by atoms with E-state index in [4.69, 9.17) is 0 Å². The van der Waals surface area contributed by atoms with Crippen molar-refractivity contribution >= 4 is 16.9 Å². The van der Waals surface area contributed by atoms with Crippen molar-refractivity contribution in [1.82, 2.24) is 25.1 Å². The topological polar surface area (TPSA) is 77.7 Å². The summed E-state index contributed by atoms with van der Waals surface area (Å²) in [6, 6.07) is 9.64. The minimum atomic E-state index is -0.0181. The summed E-state index contributed by atoms with van der Waals surface area (Å²) in [6.45, 7) is 0.750. The van der Waals surface area contributed by atoms with E-state index >= 15 is 0 Å². The molecule has 1 aliphatic heterocycles. The summed E-state index contributed by atoms with van der Waals surface area (Å²) in [5.41, 5.74) is 2.47. The van der Waals surface area contributed by atoms with Gasteiger partial charge in [-0.1, -0.05) is 12.1 Å². The van der Waals surface area contributed by atoms with Crippen molar-refractivity contribution in [3.05, 3.63) is 48.0 Å². The van der Waals surface area contributed by atoms with Crippen molar-refractivity contribution < 1.29 is 4.79 Å². The fraction of sp³-hybridized carbons (Fsp3) is 0.267. The highest BCUT2D eigenvalue weighted by Gasteiger charge is 2.33. The Balaban J connectivity index is 1.68. The molecule has 21 heavy (non-hydrogen) atoms. The van der Waals surface area contributed by atoms with Gasteiger partial charge in [0.05, 0.1) is 17.1 Å². The summed E-state index contributed by atoms with van der Waals surface area (Å²) in [5, 5.41) is 6.59. The molecule has 2 aromatic heterocycles. The molecule has 1 aromatic carbocycles. The molecule has 1 amide bonds. The Hall–Kier alpha value is -2.63. The van der Waals surface area contributed by atoms with Crippen molar-refractivity contribution in [2.45, 2.75) is 18.9 Å². The second-order valence-electron chi connectivity index (χ2n) is 5.27. The van der Waals surface area contributed by atoms with Gasteiger partial charge >= 0.3 is 0 Å². The smallest absolute Gasteiger partial charge is 0.272 e. The first-order valence-electron chi connectivity index (χ1n) is 7.08. The van der Waals surface area contributed by atoms with E-state index in [0.717, 1.165) is 36.2 Å². The maximum absolute atomic E-state index is 12.5. The Morgan fingerprint density at radius 3 is 3.00 bits per heavy atom. The standard InChI is InChI=1S/C15H15N5O/c21-15(12-7-8-16-19-12)20-9-3-6-13(20)14-17-10-4-1-2-5-11(10)18-14/h1-2,4-5,7-8,13H,3,6,9H2,(H,16,19)(H,17,18)/t13-/m1/s1. The van der Waals surface area contributed by atoms with Gasteiger partial charge in [-0.3, -0.25) is 9.89 Å². The molecule has 0 bridgehead atoms. The lowest BCUT2D eigenvalue weighted by Gasteiger charge is -2.22. The molecule has 2 N–H and O–H groups in total. The molecule has 0 radical (unpaired) electrons. The Morgan fingerprint density at radius 1 is 1.29 bits per heavy atom. The van der Waals surface area contributed by atoms with Crippen LogP contribution in [0.5, 0.6) is 0 Å². The predicted molar refractivity (Wildman–Crippen MR) is 77.7 cm³/mol. The number of fused-ring (bicyclic) bond motifs is 1. The van der Waals surface area contributed by atoms with Crippen LogP contribution in [0.25, 0.3) is 11.0 Å². The quantitative estimate of drug-likeness (QED) is 0.756. The second-order valence-corrected chi connectivity index (χ2v) is 5.27. The minimum Gasteiger partial charge on any atom is -0.340 e. The largest absolute Gasteiger partial charge is 0.340 e. The first-order valence-corrected chi connectivity index (χ1v) is 7.08. The number of amides is 1. The molecule has 0 unspecified atom stereocenters. The van der Waals surface area contributed by atoms with E-state index in [1.54, 1.807) is 12.3 Å². The molecular formula is C15H15N5O. The van der Waals surface area contributed by atoms with Gasteiger partial charge in [-0.2, -0.15) is 5.10 Å². The van der Waals surface area contributed by atoms with E-state index in [-0.39, 0.29) is 11.9 Å². The number of nitrogens with zero attached hydrogens (tertiary/aromatic N) is 3. The lowest BCUT2D eigenvalue weighted by molar-refractivity contribution is 0.0724. The fourth-order valence-corrected chi connectivity index (χ4v) is 2.95. The van der Waals surface area contributed by atoms with Crippen LogP contribution >= 0.6 is 0 Å². The molecule has 3 aromatic rings. The van der Waals surface area contributed by atoms with Gasteiger partial charge in [0.25, 0.3) is 5.91 Å². The van der Waals surface area contributed by atoms with Crippen molar-refractivity contribution in [3.63, 3.8) is 0 Å². The maximum Gasteiger partial charge on any atom is 0.272 e.